The molecule has 0 radical (unpaired) electrons. The van der Waals surface area contributed by atoms with Gasteiger partial charge in [-0.25, -0.2) is 4.39 Å². The van der Waals surface area contributed by atoms with E-state index in [0.29, 0.717) is 0 Å². The summed E-state index contributed by atoms with van der Waals surface area (Å²) in [6, 6.07) is 6.64. The van der Waals surface area contributed by atoms with E-state index < -0.39 is 16.5 Å². The third kappa shape index (κ3) is 6.58. The van der Waals surface area contributed by atoms with Crippen molar-refractivity contribution in [3.05, 3.63) is 41.6 Å². The Morgan fingerprint density at radius 1 is 1.12 bits per heavy atom. The van der Waals surface area contributed by atoms with Crippen LogP contribution in [-0.4, -0.2) is 26.2 Å². The average Bonchev–Trinajstić information content (AvgIpc) is 2.32. The summed E-state index contributed by atoms with van der Waals surface area (Å²) in [5.74, 6) is -0.176. The normalized spacial score (nSPS) is 14.6. The molecule has 3 nitrogen and oxygen atoms in total. The molecule has 0 aromatic heterocycles. The van der Waals surface area contributed by atoms with Crippen LogP contribution in [0.4, 0.5) is 10.1 Å². The number of hydrogen-bond acceptors (Lipinski definition) is 1. The average molecular weight is 461 g/mol. The first-order chi connectivity index (χ1) is 7.77. The first-order valence-corrected chi connectivity index (χ1v) is 10.4. The molecule has 2 rings (SSSR count). The summed E-state index contributed by atoms with van der Waals surface area (Å²) in [6.07, 6.45) is 0. The second kappa shape index (κ2) is 10.1. The maximum atomic E-state index is 12.6. The van der Waals surface area contributed by atoms with Crippen LogP contribution in [0.3, 0.4) is 0 Å². The first kappa shape index (κ1) is 17.1. The van der Waals surface area contributed by atoms with Gasteiger partial charge in [0.15, 0.2) is 0 Å². The van der Waals surface area contributed by atoms with E-state index in [0.717, 1.165) is 31.9 Å². The van der Waals surface area contributed by atoms with Crippen LogP contribution < -0.4 is 4.90 Å². The minimum atomic E-state index is -0.472. The third-order valence-corrected chi connectivity index (χ3v) is 2.25. The summed E-state index contributed by atoms with van der Waals surface area (Å²) in [5.41, 5.74) is 1.09. The van der Waals surface area contributed by atoms with Crippen molar-refractivity contribution in [3.63, 3.8) is 0 Å². The van der Waals surface area contributed by atoms with Gasteiger partial charge in [-0.3, -0.25) is 0 Å². The molecule has 1 heterocycles. The van der Waals surface area contributed by atoms with E-state index in [1.807, 2.05) is 12.1 Å². The van der Waals surface area contributed by atoms with E-state index in [1.54, 1.807) is 0 Å². The van der Waals surface area contributed by atoms with E-state index in [2.05, 4.69) is 10.2 Å². The Labute approximate surface area is 118 Å². The second-order valence-electron chi connectivity index (χ2n) is 3.18. The van der Waals surface area contributed by atoms with Crippen LogP contribution in [0.25, 0.3) is 11.5 Å². The largest absolute Gasteiger partial charge is 0.693 e. The standard InChI is InChI=1S/C10H12FN2.2ClH.H2N.Pt/c11-9-1-3-10(4-2-9)13-7-5-12-6-8-13;;;;/h1-4H,5-8H2;2*1H;1H2;/q-1;;;-1;+4/p-2. The summed E-state index contributed by atoms with van der Waals surface area (Å²) < 4.78 is 12.6. The van der Waals surface area contributed by atoms with Gasteiger partial charge in [0.05, 0.1) is 0 Å². The van der Waals surface area contributed by atoms with Crippen molar-refractivity contribution in [3.8, 4) is 0 Å². The van der Waals surface area contributed by atoms with Crippen molar-refractivity contribution in [1.29, 1.82) is 0 Å². The third-order valence-electron chi connectivity index (χ3n) is 2.25. The molecule has 1 aliphatic rings. The molecule has 2 N–H and O–H groups in total. The van der Waals surface area contributed by atoms with Gasteiger partial charge < -0.3 is 16.4 Å². The summed E-state index contributed by atoms with van der Waals surface area (Å²) in [5, 5.41) is 4.25. The van der Waals surface area contributed by atoms with Gasteiger partial charge in [-0.2, -0.15) is 0 Å². The van der Waals surface area contributed by atoms with Crippen LogP contribution in [0.5, 0.6) is 0 Å². The predicted molar refractivity (Wildman–Crippen MR) is 68.7 cm³/mol. The molecule has 1 aliphatic heterocycles. The topological polar surface area (TPSA) is 50.8 Å². The van der Waals surface area contributed by atoms with E-state index in [-0.39, 0.29) is 12.0 Å². The predicted octanol–water partition coefficient (Wildman–Crippen LogP) is 4.11. The number of hydrogen-bond donors (Lipinski definition) is 0. The molecule has 0 atom stereocenters. The molecule has 100 valence electrons. The van der Waals surface area contributed by atoms with Crippen LogP contribution in [0.2, 0.25) is 0 Å². The maximum absolute atomic E-state index is 12.6. The van der Waals surface area contributed by atoms with Crippen molar-refractivity contribution in [2.75, 3.05) is 31.1 Å². The maximum Gasteiger partial charge on any atom is -0.693 e. The number of nitrogens with two attached hydrogens (primary N) is 1. The van der Waals surface area contributed by atoms with Crippen molar-refractivity contribution >= 4 is 24.5 Å². The Balaban J connectivity index is 0.000000583. The van der Waals surface area contributed by atoms with Crippen molar-refractivity contribution < 1.29 is 20.9 Å². The van der Waals surface area contributed by atoms with Gasteiger partial charge in [-0.1, -0.05) is 0 Å². The van der Waals surface area contributed by atoms with Gasteiger partial charge in [0.2, 0.25) is 0 Å². The van der Waals surface area contributed by atoms with Gasteiger partial charge in [-0.05, 0) is 37.4 Å². The number of piperazine rings is 1. The fourth-order valence-electron chi connectivity index (χ4n) is 1.52. The van der Waals surface area contributed by atoms with Gasteiger partial charge in [-0.15, -0.1) is 13.1 Å². The molecule has 17 heavy (non-hydrogen) atoms. The molecule has 0 bridgehead atoms. The SMILES string of the molecule is Fc1ccc(N2CC[N-]CC2)cc1.[Cl][Pt+2][Cl].[NH2-]. The van der Waals surface area contributed by atoms with E-state index in [1.165, 1.54) is 12.1 Å². The molecule has 0 saturated carbocycles. The van der Waals surface area contributed by atoms with Crippen molar-refractivity contribution in [2.45, 2.75) is 0 Å². The number of anilines is 1. The fourth-order valence-corrected chi connectivity index (χ4v) is 1.52. The molecule has 0 aliphatic carbocycles. The second-order valence-corrected chi connectivity index (χ2v) is 6.46. The number of rotatable bonds is 1. The molecule has 0 unspecified atom stereocenters. The van der Waals surface area contributed by atoms with E-state index in [4.69, 9.17) is 18.8 Å². The molecule has 7 heteroatoms. The summed E-state index contributed by atoms with van der Waals surface area (Å²) in [4.78, 5) is 2.23. The molecular weight excluding hydrogens is 447 g/mol. The van der Waals surface area contributed by atoms with Gasteiger partial charge in [0.25, 0.3) is 0 Å². The zero-order valence-corrected chi connectivity index (χ0v) is 12.8. The summed E-state index contributed by atoms with van der Waals surface area (Å²) in [7, 11) is 9.75. The fraction of sp³-hybridized carbons (Fsp3) is 0.400. The molecule has 0 amide bonds. The van der Waals surface area contributed by atoms with E-state index in [9.17, 15) is 4.39 Å². The van der Waals surface area contributed by atoms with Crippen molar-refractivity contribution in [2.24, 2.45) is 0 Å². The monoisotopic (exact) mass is 460 g/mol. The quantitative estimate of drug-likeness (QED) is 0.621. The Bertz CT molecular complexity index is 294. The Hall–Kier alpha value is 0.138. The smallest absolute Gasteiger partial charge is 0.693 e. The Morgan fingerprint density at radius 2 is 1.59 bits per heavy atom. The Morgan fingerprint density at radius 3 is 2.06 bits per heavy atom. The van der Waals surface area contributed by atoms with Gasteiger partial charge in [0, 0.05) is 5.69 Å². The summed E-state index contributed by atoms with van der Waals surface area (Å²) >= 11 is -0.472. The first-order valence-electron chi connectivity index (χ1n) is 4.74. The van der Waals surface area contributed by atoms with E-state index >= 15 is 0 Å². The molecule has 1 fully saturated rings. The minimum absolute atomic E-state index is 0. The molecule has 0 spiro atoms. The number of benzene rings is 1. The van der Waals surface area contributed by atoms with Crippen molar-refractivity contribution in [1.82, 2.24) is 0 Å². The van der Waals surface area contributed by atoms with Crippen LogP contribution in [-0.2, 0) is 16.5 Å². The van der Waals surface area contributed by atoms with Gasteiger partial charge >= 0.3 is 35.3 Å². The minimum Gasteiger partial charge on any atom is -0.693 e. The van der Waals surface area contributed by atoms with Crippen LogP contribution in [0.1, 0.15) is 0 Å². The molecule has 1 saturated heterocycles. The number of nitrogens with zero attached hydrogens (tertiary/aromatic N) is 2. The summed E-state index contributed by atoms with van der Waals surface area (Å²) in [6.45, 7) is 3.67. The number of halogens is 3. The van der Waals surface area contributed by atoms with Crippen LogP contribution >= 0.6 is 18.8 Å². The molecule has 1 aromatic rings. The molecular formula is C10H14Cl2FN3Pt. The van der Waals surface area contributed by atoms with Gasteiger partial charge in [0.1, 0.15) is 5.82 Å². The molecule has 1 aromatic carbocycles. The Kier molecular flexibility index (Phi) is 10.2. The zero-order valence-electron chi connectivity index (χ0n) is 9.06. The zero-order chi connectivity index (χ0) is 11.8. The van der Waals surface area contributed by atoms with Crippen LogP contribution in [0, 0.1) is 5.82 Å². The van der Waals surface area contributed by atoms with Crippen LogP contribution in [0.15, 0.2) is 24.3 Å².